The van der Waals surface area contributed by atoms with Gasteiger partial charge in [0.05, 0.1) is 5.75 Å². The summed E-state index contributed by atoms with van der Waals surface area (Å²) in [7, 11) is -3.29. The molecule has 0 unspecified atom stereocenters. The van der Waals surface area contributed by atoms with Gasteiger partial charge in [0, 0.05) is 25.6 Å². The van der Waals surface area contributed by atoms with Crippen molar-refractivity contribution < 1.29 is 8.42 Å². The first-order valence-electron chi connectivity index (χ1n) is 8.59. The Morgan fingerprint density at radius 2 is 2.04 bits per heavy atom. The Bertz CT molecular complexity index is 893. The number of hydrogen-bond donors (Lipinski definition) is 1. The molecule has 1 fully saturated rings. The van der Waals surface area contributed by atoms with Crippen LogP contribution in [0.15, 0.2) is 24.3 Å². The fourth-order valence-corrected chi connectivity index (χ4v) is 5.26. The predicted molar refractivity (Wildman–Crippen MR) is 100 cm³/mol. The van der Waals surface area contributed by atoms with Crippen LogP contribution < -0.4 is 0 Å². The van der Waals surface area contributed by atoms with Crippen LogP contribution in [0.5, 0.6) is 0 Å². The monoisotopic (exact) mass is 380 g/mol. The predicted octanol–water partition coefficient (Wildman–Crippen LogP) is 2.98. The maximum Gasteiger partial charge on any atom is 0.218 e. The quantitative estimate of drug-likeness (QED) is 0.810. The van der Waals surface area contributed by atoms with E-state index in [0.29, 0.717) is 17.9 Å². The average Bonchev–Trinajstić information content (AvgIpc) is 2.95. The van der Waals surface area contributed by atoms with Crippen LogP contribution in [-0.4, -0.2) is 40.6 Å². The molecule has 1 saturated heterocycles. The second kappa shape index (κ2) is 7.39. The van der Waals surface area contributed by atoms with E-state index in [1.165, 1.54) is 0 Å². The lowest BCUT2D eigenvalue weighted by atomic mass is 9.97. The molecule has 1 aromatic heterocycles. The van der Waals surface area contributed by atoms with E-state index >= 15 is 0 Å². The zero-order valence-electron chi connectivity index (χ0n) is 14.6. The fraction of sp³-hybridized carbons (Fsp3) is 0.529. The van der Waals surface area contributed by atoms with E-state index in [2.05, 4.69) is 10.2 Å². The Morgan fingerprint density at radius 3 is 2.68 bits per heavy atom. The van der Waals surface area contributed by atoms with Gasteiger partial charge in [-0.3, -0.25) is 5.10 Å². The van der Waals surface area contributed by atoms with Crippen molar-refractivity contribution in [2.45, 2.75) is 44.9 Å². The average molecular weight is 381 g/mol. The molecule has 2 heterocycles. The van der Waals surface area contributed by atoms with Gasteiger partial charge in [-0.2, -0.15) is 5.10 Å². The minimum Gasteiger partial charge on any atom is -0.304 e. The smallest absolute Gasteiger partial charge is 0.218 e. The summed E-state index contributed by atoms with van der Waals surface area (Å²) >= 11 is 5.25. The number of piperidine rings is 1. The van der Waals surface area contributed by atoms with Crippen molar-refractivity contribution in [3.63, 3.8) is 0 Å². The molecule has 0 radical (unpaired) electrons. The number of aromatic nitrogens is 3. The van der Waals surface area contributed by atoms with Crippen LogP contribution in [0.25, 0.3) is 0 Å². The lowest BCUT2D eigenvalue weighted by molar-refractivity contribution is 0.309. The summed E-state index contributed by atoms with van der Waals surface area (Å²) in [6, 6.07) is 7.68. The molecule has 0 aliphatic carbocycles. The van der Waals surface area contributed by atoms with Gasteiger partial charge in [0.1, 0.15) is 5.82 Å². The lowest BCUT2D eigenvalue weighted by Crippen LogP contribution is -2.39. The Kier molecular flexibility index (Phi) is 5.41. The van der Waals surface area contributed by atoms with Gasteiger partial charge in [-0.05, 0) is 44.5 Å². The number of H-pyrrole nitrogens is 1. The molecule has 0 spiro atoms. The zero-order chi connectivity index (χ0) is 18.0. The first-order valence-corrected chi connectivity index (χ1v) is 10.6. The van der Waals surface area contributed by atoms with Crippen LogP contribution in [-0.2, 0) is 22.3 Å². The summed E-state index contributed by atoms with van der Waals surface area (Å²) in [6.45, 7) is 5.85. The SMILES string of the molecule is CCn1c(C2CCN(S(=O)(=O)Cc3cccc(C)c3)CC2)n[nH]c1=S. The highest BCUT2D eigenvalue weighted by Gasteiger charge is 2.30. The van der Waals surface area contributed by atoms with Crippen LogP contribution >= 0.6 is 12.2 Å². The van der Waals surface area contributed by atoms with Crippen molar-refractivity contribution in [2.75, 3.05) is 13.1 Å². The van der Waals surface area contributed by atoms with Crippen LogP contribution in [0.3, 0.4) is 0 Å². The maximum absolute atomic E-state index is 12.7. The van der Waals surface area contributed by atoms with E-state index in [9.17, 15) is 8.42 Å². The van der Waals surface area contributed by atoms with Crippen LogP contribution in [0.4, 0.5) is 0 Å². The Morgan fingerprint density at radius 1 is 1.32 bits per heavy atom. The Hall–Kier alpha value is -1.51. The van der Waals surface area contributed by atoms with Crippen LogP contribution in [0.1, 0.15) is 42.6 Å². The number of sulfonamides is 1. The molecular formula is C17H24N4O2S2. The molecule has 3 rings (SSSR count). The number of hydrogen-bond acceptors (Lipinski definition) is 4. The highest BCUT2D eigenvalue weighted by Crippen LogP contribution is 2.28. The van der Waals surface area contributed by atoms with Crippen molar-refractivity contribution in [3.8, 4) is 0 Å². The maximum atomic E-state index is 12.7. The second-order valence-electron chi connectivity index (χ2n) is 6.55. The van der Waals surface area contributed by atoms with Gasteiger partial charge >= 0.3 is 0 Å². The largest absolute Gasteiger partial charge is 0.304 e. The third kappa shape index (κ3) is 4.02. The molecule has 25 heavy (non-hydrogen) atoms. The van der Waals surface area contributed by atoms with Gasteiger partial charge in [0.15, 0.2) is 4.77 Å². The number of nitrogens with one attached hydrogen (secondary N) is 1. The molecule has 6 nitrogen and oxygen atoms in total. The standard InChI is InChI=1S/C17H24N4O2S2/c1-3-21-16(18-19-17(21)24)15-7-9-20(10-8-15)25(22,23)12-14-6-4-5-13(2)11-14/h4-6,11,15H,3,7-10,12H2,1-2H3,(H,19,24). The number of benzene rings is 1. The van der Waals surface area contributed by atoms with Gasteiger partial charge in [-0.25, -0.2) is 12.7 Å². The van der Waals surface area contributed by atoms with E-state index in [-0.39, 0.29) is 11.7 Å². The van der Waals surface area contributed by atoms with E-state index in [0.717, 1.165) is 36.3 Å². The topological polar surface area (TPSA) is 71.0 Å². The highest BCUT2D eigenvalue weighted by molar-refractivity contribution is 7.88. The molecule has 136 valence electrons. The van der Waals surface area contributed by atoms with E-state index in [1.54, 1.807) is 4.31 Å². The summed E-state index contributed by atoms with van der Waals surface area (Å²) in [5.74, 6) is 1.26. The minimum absolute atomic E-state index is 0.0625. The summed E-state index contributed by atoms with van der Waals surface area (Å²) in [6.07, 6.45) is 1.54. The molecule has 1 aliphatic heterocycles. The van der Waals surface area contributed by atoms with Crippen molar-refractivity contribution in [1.82, 2.24) is 19.1 Å². The second-order valence-corrected chi connectivity index (χ2v) is 8.91. The molecule has 0 atom stereocenters. The van der Waals surface area contributed by atoms with Crippen molar-refractivity contribution >= 4 is 22.2 Å². The summed E-state index contributed by atoms with van der Waals surface area (Å²) in [5.41, 5.74) is 1.92. The van der Waals surface area contributed by atoms with Gasteiger partial charge in [0.2, 0.25) is 10.0 Å². The first kappa shape index (κ1) is 18.3. The fourth-order valence-electron chi connectivity index (χ4n) is 3.44. The lowest BCUT2D eigenvalue weighted by Gasteiger charge is -2.30. The molecule has 1 N–H and O–H groups in total. The summed E-state index contributed by atoms with van der Waals surface area (Å²) < 4.78 is 29.7. The van der Waals surface area contributed by atoms with Crippen molar-refractivity contribution in [3.05, 3.63) is 46.0 Å². The van der Waals surface area contributed by atoms with Gasteiger partial charge in [0.25, 0.3) is 0 Å². The van der Waals surface area contributed by atoms with E-state index in [1.807, 2.05) is 42.7 Å². The minimum atomic E-state index is -3.29. The molecule has 8 heteroatoms. The van der Waals surface area contributed by atoms with Gasteiger partial charge in [-0.15, -0.1) is 0 Å². The summed E-state index contributed by atoms with van der Waals surface area (Å²) in [4.78, 5) is 0. The first-order chi connectivity index (χ1) is 11.9. The molecule has 2 aromatic rings. The van der Waals surface area contributed by atoms with Crippen LogP contribution in [0.2, 0.25) is 0 Å². The van der Waals surface area contributed by atoms with Crippen molar-refractivity contribution in [2.24, 2.45) is 0 Å². The molecular weight excluding hydrogens is 356 g/mol. The molecule has 0 amide bonds. The van der Waals surface area contributed by atoms with Crippen molar-refractivity contribution in [1.29, 1.82) is 0 Å². The molecule has 1 aromatic carbocycles. The molecule has 0 saturated carbocycles. The van der Waals surface area contributed by atoms with E-state index < -0.39 is 10.0 Å². The Labute approximate surface area is 153 Å². The number of nitrogens with zero attached hydrogens (tertiary/aromatic N) is 3. The number of aromatic amines is 1. The third-order valence-electron chi connectivity index (χ3n) is 4.75. The van der Waals surface area contributed by atoms with E-state index in [4.69, 9.17) is 12.2 Å². The number of rotatable bonds is 5. The summed E-state index contributed by atoms with van der Waals surface area (Å²) in [5, 5.41) is 7.20. The van der Waals surface area contributed by atoms with Gasteiger partial charge < -0.3 is 4.57 Å². The van der Waals surface area contributed by atoms with Gasteiger partial charge in [-0.1, -0.05) is 29.8 Å². The zero-order valence-corrected chi connectivity index (χ0v) is 16.2. The number of aryl methyl sites for hydroxylation is 1. The normalized spacial score (nSPS) is 17.0. The Balaban J connectivity index is 1.68. The molecule has 0 bridgehead atoms. The molecule has 1 aliphatic rings. The van der Waals surface area contributed by atoms with Crippen LogP contribution in [0, 0.1) is 11.7 Å². The highest BCUT2D eigenvalue weighted by atomic mass is 32.2. The third-order valence-corrected chi connectivity index (χ3v) is 6.91.